The molecule has 1 fully saturated rings. The molecule has 3 atom stereocenters. The molecule has 5 aliphatic rings. The van der Waals surface area contributed by atoms with Gasteiger partial charge in [0.25, 0.3) is 0 Å². The third-order valence-electron chi connectivity index (χ3n) is 15.8. The SMILES string of the molecule is CCCC(CC)CC1=Cc2c(cc3c(c2-c2ccc(C(C)(C)C)cc2)CCC3)C1CC1C(CC2CCCCC2)=Cc2c1cc1c(c2-c2ccc(C(C)(C)C)cc2)CCC1. The second-order valence-corrected chi connectivity index (χ2v) is 21.9. The van der Waals surface area contributed by atoms with Gasteiger partial charge >= 0.3 is 0 Å². The van der Waals surface area contributed by atoms with Gasteiger partial charge in [0.05, 0.1) is 0 Å². The molecule has 0 bridgehead atoms. The summed E-state index contributed by atoms with van der Waals surface area (Å²) in [5, 5.41) is 0. The standard InChI is InChI=1S/C59H74/c1-9-16-38(10-2)31-44-35-54-52(33-42-19-14-21-48(42)56(54)40-23-27-46(28-24-40)58(3,4)5)50(44)37-51-45(32-39-17-12-11-13-18-39)36-55-53(51)34-43-20-15-22-49(43)57(55)41-25-29-47(30-26-41)59(6,7)8/h23-30,33-36,38-39,50-51H,9-22,31-32,37H2,1-8H3. The second-order valence-electron chi connectivity index (χ2n) is 21.9. The van der Waals surface area contributed by atoms with E-state index in [1.807, 2.05) is 0 Å². The molecule has 0 amide bonds. The number of fused-ring (bicyclic) bond motifs is 4. The average Bonchev–Trinajstić information content (AvgIpc) is 4.02. The molecule has 0 saturated heterocycles. The fourth-order valence-electron chi connectivity index (χ4n) is 12.5. The summed E-state index contributed by atoms with van der Waals surface area (Å²) in [7, 11) is 0. The molecule has 0 spiro atoms. The first-order chi connectivity index (χ1) is 28.4. The van der Waals surface area contributed by atoms with Crippen molar-refractivity contribution in [1.82, 2.24) is 0 Å². The molecule has 1 saturated carbocycles. The van der Waals surface area contributed by atoms with Crippen LogP contribution < -0.4 is 0 Å². The number of allylic oxidation sites excluding steroid dienone is 2. The summed E-state index contributed by atoms with van der Waals surface area (Å²) in [4.78, 5) is 0. The van der Waals surface area contributed by atoms with Gasteiger partial charge in [-0.25, -0.2) is 0 Å². The predicted octanol–water partition coefficient (Wildman–Crippen LogP) is 16.8. The summed E-state index contributed by atoms with van der Waals surface area (Å²) in [6, 6.07) is 25.1. The monoisotopic (exact) mass is 783 g/mol. The van der Waals surface area contributed by atoms with E-state index in [1.165, 1.54) is 131 Å². The lowest BCUT2D eigenvalue weighted by Gasteiger charge is -2.29. The summed E-state index contributed by atoms with van der Waals surface area (Å²) in [5.41, 5.74) is 25.8. The maximum Gasteiger partial charge on any atom is 0.00667 e. The van der Waals surface area contributed by atoms with Crippen LogP contribution in [0.25, 0.3) is 34.4 Å². The van der Waals surface area contributed by atoms with E-state index < -0.39 is 0 Å². The maximum absolute atomic E-state index is 2.77. The zero-order valence-electron chi connectivity index (χ0n) is 38.3. The Morgan fingerprint density at radius 2 is 1.07 bits per heavy atom. The Balaban J connectivity index is 1.18. The third-order valence-corrected chi connectivity index (χ3v) is 15.8. The van der Waals surface area contributed by atoms with Crippen molar-refractivity contribution < 1.29 is 0 Å². The molecule has 0 aliphatic heterocycles. The zero-order valence-corrected chi connectivity index (χ0v) is 38.3. The first-order valence-electron chi connectivity index (χ1n) is 24.4. The van der Waals surface area contributed by atoms with Gasteiger partial charge in [-0.05, 0) is 158 Å². The van der Waals surface area contributed by atoms with Crippen LogP contribution in [0.2, 0.25) is 0 Å². The van der Waals surface area contributed by atoms with E-state index >= 15 is 0 Å². The quantitative estimate of drug-likeness (QED) is 0.142. The fraction of sp³-hybridized carbons (Fsp3) is 0.525. The lowest BCUT2D eigenvalue weighted by molar-refractivity contribution is 0.350. The molecule has 5 aliphatic carbocycles. The van der Waals surface area contributed by atoms with Crippen LogP contribution in [0.5, 0.6) is 0 Å². The van der Waals surface area contributed by atoms with Gasteiger partial charge in [-0.1, -0.05) is 191 Å². The van der Waals surface area contributed by atoms with E-state index in [4.69, 9.17) is 0 Å². The largest absolute Gasteiger partial charge is 0.0654 e. The summed E-state index contributed by atoms with van der Waals surface area (Å²) in [5.74, 6) is 2.55. The van der Waals surface area contributed by atoms with Crippen molar-refractivity contribution in [2.45, 2.75) is 187 Å². The molecule has 0 heteroatoms. The van der Waals surface area contributed by atoms with Crippen LogP contribution in [0.1, 0.15) is 206 Å². The predicted molar refractivity (Wildman–Crippen MR) is 256 cm³/mol. The highest BCUT2D eigenvalue weighted by atomic mass is 14.4. The molecule has 0 radical (unpaired) electrons. The highest BCUT2D eigenvalue weighted by Crippen LogP contribution is 2.56. The van der Waals surface area contributed by atoms with Crippen LogP contribution in [-0.4, -0.2) is 0 Å². The van der Waals surface area contributed by atoms with E-state index in [9.17, 15) is 0 Å². The van der Waals surface area contributed by atoms with Gasteiger partial charge < -0.3 is 0 Å². The number of rotatable bonds is 11. The van der Waals surface area contributed by atoms with E-state index in [-0.39, 0.29) is 10.8 Å². The minimum Gasteiger partial charge on any atom is -0.0654 e. The third kappa shape index (κ3) is 7.90. The van der Waals surface area contributed by atoms with Gasteiger partial charge in [0.1, 0.15) is 0 Å². The molecule has 59 heavy (non-hydrogen) atoms. The first-order valence-corrected chi connectivity index (χ1v) is 24.4. The van der Waals surface area contributed by atoms with Gasteiger partial charge in [0.2, 0.25) is 0 Å². The minimum atomic E-state index is 0.155. The molecule has 0 N–H and O–H groups in total. The van der Waals surface area contributed by atoms with Crippen molar-refractivity contribution in [3.05, 3.63) is 127 Å². The van der Waals surface area contributed by atoms with Crippen molar-refractivity contribution in [1.29, 1.82) is 0 Å². The van der Waals surface area contributed by atoms with Gasteiger partial charge in [-0.2, -0.15) is 0 Å². The maximum atomic E-state index is 2.77. The van der Waals surface area contributed by atoms with Crippen LogP contribution >= 0.6 is 0 Å². The number of aryl methyl sites for hydroxylation is 2. The van der Waals surface area contributed by atoms with Gasteiger partial charge in [-0.15, -0.1) is 0 Å². The molecule has 310 valence electrons. The Morgan fingerprint density at radius 3 is 1.54 bits per heavy atom. The highest BCUT2D eigenvalue weighted by Gasteiger charge is 2.39. The lowest BCUT2D eigenvalue weighted by atomic mass is 9.75. The number of hydrogen-bond acceptors (Lipinski definition) is 0. The van der Waals surface area contributed by atoms with E-state index in [1.54, 1.807) is 66.8 Å². The van der Waals surface area contributed by atoms with E-state index in [0.29, 0.717) is 11.8 Å². The van der Waals surface area contributed by atoms with Crippen LogP contribution in [0.4, 0.5) is 0 Å². The van der Waals surface area contributed by atoms with Crippen molar-refractivity contribution in [3.8, 4) is 22.3 Å². The van der Waals surface area contributed by atoms with Gasteiger partial charge in [0, 0.05) is 11.8 Å². The lowest BCUT2D eigenvalue weighted by Crippen LogP contribution is -2.14. The Morgan fingerprint density at radius 1 is 0.576 bits per heavy atom. The Bertz CT molecular complexity index is 2080. The van der Waals surface area contributed by atoms with Crippen molar-refractivity contribution >= 4 is 12.2 Å². The summed E-state index contributed by atoms with van der Waals surface area (Å²) in [6.07, 6.45) is 27.7. The Hall–Kier alpha value is -3.64. The Labute approximate surface area is 359 Å². The molecule has 0 nitrogen and oxygen atoms in total. The van der Waals surface area contributed by atoms with Crippen LogP contribution in [-0.2, 0) is 36.5 Å². The summed E-state index contributed by atoms with van der Waals surface area (Å²) in [6.45, 7) is 18.9. The zero-order chi connectivity index (χ0) is 41.1. The molecule has 0 aromatic heterocycles. The van der Waals surface area contributed by atoms with Crippen molar-refractivity contribution in [2.24, 2.45) is 11.8 Å². The Kier molecular flexibility index (Phi) is 11.3. The summed E-state index contributed by atoms with van der Waals surface area (Å²) >= 11 is 0. The van der Waals surface area contributed by atoms with Crippen molar-refractivity contribution in [2.75, 3.05) is 0 Å². The molecular weight excluding hydrogens is 709 g/mol. The molecule has 0 heterocycles. The summed E-state index contributed by atoms with van der Waals surface area (Å²) < 4.78 is 0. The fourth-order valence-corrected chi connectivity index (χ4v) is 12.5. The molecule has 4 aromatic rings. The van der Waals surface area contributed by atoms with Crippen LogP contribution in [0, 0.1) is 11.8 Å². The van der Waals surface area contributed by atoms with Gasteiger partial charge in [-0.3, -0.25) is 0 Å². The van der Waals surface area contributed by atoms with Crippen LogP contribution in [0.15, 0.2) is 71.8 Å². The number of hydrogen-bond donors (Lipinski definition) is 0. The smallest absolute Gasteiger partial charge is 0.00667 e. The topological polar surface area (TPSA) is 0 Å². The second kappa shape index (κ2) is 16.3. The minimum absolute atomic E-state index is 0.155. The van der Waals surface area contributed by atoms with E-state index in [2.05, 4.69) is 128 Å². The molecule has 4 aromatic carbocycles. The van der Waals surface area contributed by atoms with Crippen molar-refractivity contribution in [3.63, 3.8) is 0 Å². The van der Waals surface area contributed by atoms with Gasteiger partial charge in [0.15, 0.2) is 0 Å². The average molecular weight is 783 g/mol. The molecule has 3 unspecified atom stereocenters. The molecular formula is C59H74. The molecule has 9 rings (SSSR count). The number of benzene rings is 4. The first kappa shape index (κ1) is 40.7. The van der Waals surface area contributed by atoms with E-state index in [0.717, 1.165) is 11.8 Å². The van der Waals surface area contributed by atoms with Crippen LogP contribution in [0.3, 0.4) is 0 Å². The normalized spacial score (nSPS) is 20.6. The highest BCUT2D eigenvalue weighted by molar-refractivity contribution is 5.88.